The molecule has 0 aromatic carbocycles. The first-order valence-corrected chi connectivity index (χ1v) is 3.58. The number of esters is 1. The van der Waals surface area contributed by atoms with Crippen LogP contribution in [0, 0.1) is 12.3 Å². The third kappa shape index (κ3) is 6.66. The number of rotatable bonds is 4. The molecule has 2 heteroatoms. The second-order valence-corrected chi connectivity index (χ2v) is 1.91. The predicted octanol–water partition coefficient (Wildman–Crippen LogP) is 1.52. The van der Waals surface area contributed by atoms with Crippen molar-refractivity contribution in [3.8, 4) is 12.3 Å². The van der Waals surface area contributed by atoms with Gasteiger partial charge >= 0.3 is 5.97 Å². The summed E-state index contributed by atoms with van der Waals surface area (Å²) in [6.45, 7) is 2.23. The molecule has 0 saturated carbocycles. The molecular weight excluding hydrogens is 140 g/mol. The smallest absolute Gasteiger partial charge is 0.306 e. The molecule has 0 bridgehead atoms. The minimum absolute atomic E-state index is 0.172. The third-order valence-corrected chi connectivity index (χ3v) is 1.03. The van der Waals surface area contributed by atoms with Gasteiger partial charge < -0.3 is 4.74 Å². The maximum Gasteiger partial charge on any atom is 0.306 e. The molecule has 0 fully saturated rings. The van der Waals surface area contributed by atoms with Crippen molar-refractivity contribution in [1.82, 2.24) is 0 Å². The van der Waals surface area contributed by atoms with E-state index in [0.717, 1.165) is 0 Å². The highest BCUT2D eigenvalue weighted by Gasteiger charge is 1.96. The summed E-state index contributed by atoms with van der Waals surface area (Å²) < 4.78 is 4.70. The van der Waals surface area contributed by atoms with E-state index in [2.05, 4.69) is 5.92 Å². The standard InChI is InChI=1S/C9H12O2/c1-3-5-6-7-8-9(10)11-4-2/h1,5-6H,4,7-8H2,2H3/b6-5-. The Kier molecular flexibility index (Phi) is 6.11. The SMILES string of the molecule is C#C/C=C\CCC(=O)OCC. The number of ether oxygens (including phenoxy) is 1. The van der Waals surface area contributed by atoms with Crippen molar-refractivity contribution < 1.29 is 9.53 Å². The number of carbonyl (C=O) groups excluding carboxylic acids is 1. The van der Waals surface area contributed by atoms with E-state index in [0.29, 0.717) is 19.4 Å². The Morgan fingerprint density at radius 2 is 2.45 bits per heavy atom. The van der Waals surface area contributed by atoms with E-state index in [1.807, 2.05) is 0 Å². The maximum atomic E-state index is 10.7. The molecular formula is C9H12O2. The first-order chi connectivity index (χ1) is 5.31. The molecule has 0 unspecified atom stereocenters. The van der Waals surface area contributed by atoms with Crippen LogP contribution < -0.4 is 0 Å². The van der Waals surface area contributed by atoms with E-state index >= 15 is 0 Å². The lowest BCUT2D eigenvalue weighted by atomic mass is 10.3. The van der Waals surface area contributed by atoms with Gasteiger partial charge in [-0.05, 0) is 19.4 Å². The Hall–Kier alpha value is -1.23. The lowest BCUT2D eigenvalue weighted by molar-refractivity contribution is -0.142. The van der Waals surface area contributed by atoms with E-state index in [-0.39, 0.29) is 5.97 Å². The number of hydrogen-bond acceptors (Lipinski definition) is 2. The van der Waals surface area contributed by atoms with Gasteiger partial charge in [-0.1, -0.05) is 12.0 Å². The van der Waals surface area contributed by atoms with Crippen LogP contribution in [0.25, 0.3) is 0 Å². The molecule has 11 heavy (non-hydrogen) atoms. The lowest BCUT2D eigenvalue weighted by Gasteiger charge is -1.97. The Labute approximate surface area is 67.2 Å². The van der Waals surface area contributed by atoms with Crippen LogP contribution in [-0.2, 0) is 9.53 Å². The van der Waals surface area contributed by atoms with Gasteiger partial charge in [0.15, 0.2) is 0 Å². The van der Waals surface area contributed by atoms with Crippen molar-refractivity contribution in [2.45, 2.75) is 19.8 Å². The Balaban J connectivity index is 3.33. The van der Waals surface area contributed by atoms with Gasteiger partial charge in [-0.3, -0.25) is 4.79 Å². The Morgan fingerprint density at radius 3 is 3.00 bits per heavy atom. The van der Waals surface area contributed by atoms with Crippen LogP contribution in [0.2, 0.25) is 0 Å². The fourth-order valence-corrected chi connectivity index (χ4v) is 0.586. The summed E-state index contributed by atoms with van der Waals surface area (Å²) in [5, 5.41) is 0. The van der Waals surface area contributed by atoms with Gasteiger partial charge in [-0.25, -0.2) is 0 Å². The van der Waals surface area contributed by atoms with E-state index in [1.165, 1.54) is 0 Å². The van der Waals surface area contributed by atoms with Crippen molar-refractivity contribution in [2.75, 3.05) is 6.61 Å². The average Bonchev–Trinajstić information content (AvgIpc) is 1.99. The van der Waals surface area contributed by atoms with Crippen LogP contribution in [0.15, 0.2) is 12.2 Å². The quantitative estimate of drug-likeness (QED) is 0.451. The normalized spacial score (nSPS) is 9.45. The Bertz CT molecular complexity index is 174. The fourth-order valence-electron chi connectivity index (χ4n) is 0.586. The van der Waals surface area contributed by atoms with Crippen molar-refractivity contribution in [1.29, 1.82) is 0 Å². The minimum atomic E-state index is -0.172. The lowest BCUT2D eigenvalue weighted by Crippen LogP contribution is -2.02. The first kappa shape index (κ1) is 9.77. The topological polar surface area (TPSA) is 26.3 Å². The second kappa shape index (κ2) is 6.88. The summed E-state index contributed by atoms with van der Waals surface area (Å²) in [5.74, 6) is 2.17. The van der Waals surface area contributed by atoms with Crippen LogP contribution in [0.3, 0.4) is 0 Å². The van der Waals surface area contributed by atoms with Gasteiger partial charge in [0.2, 0.25) is 0 Å². The van der Waals surface area contributed by atoms with E-state index in [4.69, 9.17) is 11.2 Å². The summed E-state index contributed by atoms with van der Waals surface area (Å²) in [7, 11) is 0. The number of allylic oxidation sites excluding steroid dienone is 2. The van der Waals surface area contributed by atoms with Crippen molar-refractivity contribution in [3.05, 3.63) is 12.2 Å². The zero-order valence-electron chi connectivity index (χ0n) is 6.67. The van der Waals surface area contributed by atoms with E-state index in [9.17, 15) is 4.79 Å². The molecule has 0 atom stereocenters. The van der Waals surface area contributed by atoms with Gasteiger partial charge in [0.1, 0.15) is 0 Å². The molecule has 0 heterocycles. The molecule has 0 aliphatic heterocycles. The number of hydrogen-bond donors (Lipinski definition) is 0. The molecule has 0 spiro atoms. The molecule has 0 N–H and O–H groups in total. The van der Waals surface area contributed by atoms with Gasteiger partial charge in [-0.15, -0.1) is 6.42 Å². The molecule has 0 saturated heterocycles. The molecule has 0 amide bonds. The molecule has 0 radical (unpaired) electrons. The van der Waals surface area contributed by atoms with Crippen molar-refractivity contribution in [2.24, 2.45) is 0 Å². The maximum absolute atomic E-state index is 10.7. The highest BCUT2D eigenvalue weighted by Crippen LogP contribution is 1.93. The van der Waals surface area contributed by atoms with Gasteiger partial charge in [-0.2, -0.15) is 0 Å². The zero-order chi connectivity index (χ0) is 8.53. The number of carbonyl (C=O) groups is 1. The van der Waals surface area contributed by atoms with Crippen LogP contribution in [0.4, 0.5) is 0 Å². The zero-order valence-corrected chi connectivity index (χ0v) is 6.67. The third-order valence-electron chi connectivity index (χ3n) is 1.03. The van der Waals surface area contributed by atoms with E-state index < -0.39 is 0 Å². The summed E-state index contributed by atoms with van der Waals surface area (Å²) in [5.41, 5.74) is 0. The molecule has 0 aliphatic carbocycles. The van der Waals surface area contributed by atoms with Crippen molar-refractivity contribution in [3.63, 3.8) is 0 Å². The van der Waals surface area contributed by atoms with Crippen molar-refractivity contribution >= 4 is 5.97 Å². The second-order valence-electron chi connectivity index (χ2n) is 1.91. The predicted molar refractivity (Wildman–Crippen MR) is 43.8 cm³/mol. The average molecular weight is 152 g/mol. The minimum Gasteiger partial charge on any atom is -0.466 e. The largest absolute Gasteiger partial charge is 0.466 e. The van der Waals surface area contributed by atoms with Crippen LogP contribution >= 0.6 is 0 Å². The highest BCUT2D eigenvalue weighted by molar-refractivity contribution is 5.69. The molecule has 2 nitrogen and oxygen atoms in total. The molecule has 60 valence electrons. The van der Waals surface area contributed by atoms with Gasteiger partial charge in [0.05, 0.1) is 6.61 Å². The monoisotopic (exact) mass is 152 g/mol. The van der Waals surface area contributed by atoms with Crippen LogP contribution in [0.1, 0.15) is 19.8 Å². The van der Waals surface area contributed by atoms with E-state index in [1.54, 1.807) is 19.1 Å². The number of terminal acetylenes is 1. The molecule has 0 rings (SSSR count). The highest BCUT2D eigenvalue weighted by atomic mass is 16.5. The summed E-state index contributed by atoms with van der Waals surface area (Å²) >= 11 is 0. The first-order valence-electron chi connectivity index (χ1n) is 3.58. The summed E-state index contributed by atoms with van der Waals surface area (Å²) in [6, 6.07) is 0. The van der Waals surface area contributed by atoms with Gasteiger partial charge in [0, 0.05) is 6.42 Å². The van der Waals surface area contributed by atoms with Gasteiger partial charge in [0.25, 0.3) is 0 Å². The summed E-state index contributed by atoms with van der Waals surface area (Å²) in [4.78, 5) is 10.7. The van der Waals surface area contributed by atoms with Crippen LogP contribution in [0.5, 0.6) is 0 Å². The molecule has 0 aliphatic rings. The summed E-state index contributed by atoms with van der Waals surface area (Å²) in [6.07, 6.45) is 9.37. The molecule has 0 aromatic heterocycles. The molecule has 0 aromatic rings. The Morgan fingerprint density at radius 1 is 1.73 bits per heavy atom. The van der Waals surface area contributed by atoms with Crippen LogP contribution in [-0.4, -0.2) is 12.6 Å². The fraction of sp³-hybridized carbons (Fsp3) is 0.444.